The number of furan rings is 1. The van der Waals surface area contributed by atoms with Gasteiger partial charge < -0.3 is 15.1 Å². The van der Waals surface area contributed by atoms with Crippen molar-refractivity contribution >= 4 is 33.7 Å². The summed E-state index contributed by atoms with van der Waals surface area (Å²) in [6.07, 6.45) is 4.17. The first kappa shape index (κ1) is 19.7. The van der Waals surface area contributed by atoms with E-state index in [2.05, 4.69) is 37.8 Å². The molecule has 0 fully saturated rings. The standard InChI is InChI=1S/C24H22N6O2/c31-24(21-14-18-8-4-5-9-20(18)32-21)26-12-13-30-23-19(15-29-30)22(27-16-28-23)25-11-10-17-6-2-1-3-7-17/h1-9,14-16H,10-13H2,(H,26,31)(H,25,27,28). The van der Waals surface area contributed by atoms with E-state index >= 15 is 0 Å². The summed E-state index contributed by atoms with van der Waals surface area (Å²) in [4.78, 5) is 21.2. The van der Waals surface area contributed by atoms with Gasteiger partial charge in [0.2, 0.25) is 0 Å². The van der Waals surface area contributed by atoms with Crippen LogP contribution in [-0.4, -0.2) is 38.7 Å². The summed E-state index contributed by atoms with van der Waals surface area (Å²) in [6, 6.07) is 19.6. The van der Waals surface area contributed by atoms with E-state index in [9.17, 15) is 4.79 Å². The average molecular weight is 426 g/mol. The van der Waals surface area contributed by atoms with Crippen LogP contribution in [0.1, 0.15) is 16.1 Å². The minimum absolute atomic E-state index is 0.254. The van der Waals surface area contributed by atoms with E-state index in [0.717, 1.165) is 35.2 Å². The molecule has 3 aromatic heterocycles. The van der Waals surface area contributed by atoms with Crippen molar-refractivity contribution in [1.82, 2.24) is 25.1 Å². The predicted octanol–water partition coefficient (Wildman–Crippen LogP) is 3.66. The molecule has 0 radical (unpaired) electrons. The number of rotatable bonds is 8. The maximum absolute atomic E-state index is 12.4. The molecule has 5 aromatic rings. The van der Waals surface area contributed by atoms with Crippen molar-refractivity contribution in [3.05, 3.63) is 84.5 Å². The van der Waals surface area contributed by atoms with Crippen molar-refractivity contribution in [3.8, 4) is 0 Å². The molecule has 0 aliphatic rings. The molecule has 8 nitrogen and oxygen atoms in total. The minimum atomic E-state index is -0.254. The van der Waals surface area contributed by atoms with Gasteiger partial charge in [-0.3, -0.25) is 4.79 Å². The lowest BCUT2D eigenvalue weighted by Gasteiger charge is -2.07. The Hall–Kier alpha value is -4.20. The molecule has 1 amide bonds. The fraction of sp³-hybridized carbons (Fsp3) is 0.167. The van der Waals surface area contributed by atoms with Gasteiger partial charge >= 0.3 is 0 Å². The van der Waals surface area contributed by atoms with Crippen LogP contribution in [-0.2, 0) is 13.0 Å². The Morgan fingerprint density at radius 2 is 1.84 bits per heavy atom. The van der Waals surface area contributed by atoms with Gasteiger partial charge in [0.25, 0.3) is 5.91 Å². The number of hydrogen-bond acceptors (Lipinski definition) is 6. The number of amides is 1. The normalized spacial score (nSPS) is 11.1. The zero-order valence-corrected chi connectivity index (χ0v) is 17.4. The Bertz CT molecular complexity index is 1330. The summed E-state index contributed by atoms with van der Waals surface area (Å²) in [5, 5.41) is 12.4. The second-order valence-electron chi connectivity index (χ2n) is 7.39. The molecular formula is C24H22N6O2. The number of hydrogen-bond donors (Lipinski definition) is 2. The van der Waals surface area contributed by atoms with Gasteiger partial charge in [-0.25, -0.2) is 14.6 Å². The maximum Gasteiger partial charge on any atom is 0.287 e. The number of anilines is 1. The third kappa shape index (κ3) is 4.15. The Kier molecular flexibility index (Phi) is 5.48. The molecule has 32 heavy (non-hydrogen) atoms. The Morgan fingerprint density at radius 1 is 1.00 bits per heavy atom. The van der Waals surface area contributed by atoms with Gasteiger partial charge in [-0.2, -0.15) is 5.10 Å². The third-order valence-electron chi connectivity index (χ3n) is 5.24. The number of nitrogens with one attached hydrogen (secondary N) is 2. The fourth-order valence-corrected chi connectivity index (χ4v) is 3.62. The van der Waals surface area contributed by atoms with Crippen molar-refractivity contribution in [2.24, 2.45) is 0 Å². The van der Waals surface area contributed by atoms with E-state index in [1.165, 1.54) is 11.9 Å². The van der Waals surface area contributed by atoms with Crippen LogP contribution in [0.2, 0.25) is 0 Å². The van der Waals surface area contributed by atoms with Crippen molar-refractivity contribution in [3.63, 3.8) is 0 Å². The highest BCUT2D eigenvalue weighted by Crippen LogP contribution is 2.20. The highest BCUT2D eigenvalue weighted by Gasteiger charge is 2.13. The van der Waals surface area contributed by atoms with E-state index in [4.69, 9.17) is 4.42 Å². The molecule has 2 aromatic carbocycles. The number of nitrogens with zero attached hydrogens (tertiary/aromatic N) is 4. The van der Waals surface area contributed by atoms with Crippen molar-refractivity contribution in [2.45, 2.75) is 13.0 Å². The van der Waals surface area contributed by atoms with Crippen molar-refractivity contribution in [1.29, 1.82) is 0 Å². The number of carbonyl (C=O) groups is 1. The van der Waals surface area contributed by atoms with Gasteiger partial charge in [-0.05, 0) is 24.1 Å². The summed E-state index contributed by atoms with van der Waals surface area (Å²) in [5.74, 6) is 0.794. The van der Waals surface area contributed by atoms with Crippen molar-refractivity contribution < 1.29 is 9.21 Å². The molecule has 0 saturated heterocycles. The Labute approximate surface area is 184 Å². The summed E-state index contributed by atoms with van der Waals surface area (Å²) >= 11 is 0. The molecule has 0 aliphatic carbocycles. The zero-order chi connectivity index (χ0) is 21.8. The number of aromatic nitrogens is 4. The molecule has 0 aliphatic heterocycles. The third-order valence-corrected chi connectivity index (χ3v) is 5.24. The number of para-hydroxylation sites is 1. The first-order valence-electron chi connectivity index (χ1n) is 10.5. The summed E-state index contributed by atoms with van der Waals surface area (Å²) in [7, 11) is 0. The zero-order valence-electron chi connectivity index (χ0n) is 17.4. The van der Waals surface area contributed by atoms with Gasteiger partial charge in [-0.15, -0.1) is 0 Å². The Balaban J connectivity index is 1.20. The molecule has 0 unspecified atom stereocenters. The quantitative estimate of drug-likeness (QED) is 0.393. The molecule has 5 rings (SSSR count). The van der Waals surface area contributed by atoms with Crippen LogP contribution in [0.3, 0.4) is 0 Å². The van der Waals surface area contributed by atoms with E-state index in [0.29, 0.717) is 24.4 Å². The summed E-state index contributed by atoms with van der Waals surface area (Å²) in [5.41, 5.74) is 2.68. The largest absolute Gasteiger partial charge is 0.451 e. The molecule has 0 saturated carbocycles. The first-order valence-corrected chi connectivity index (χ1v) is 10.5. The second kappa shape index (κ2) is 8.89. The number of benzene rings is 2. The SMILES string of the molecule is O=C(NCCn1ncc2c(NCCc3ccccc3)ncnc21)c1cc2ccccc2o1. The first-order chi connectivity index (χ1) is 15.8. The lowest BCUT2D eigenvalue weighted by atomic mass is 10.1. The lowest BCUT2D eigenvalue weighted by Crippen LogP contribution is -2.27. The molecule has 3 heterocycles. The molecule has 0 atom stereocenters. The van der Waals surface area contributed by atoms with Gasteiger partial charge in [0.1, 0.15) is 17.7 Å². The van der Waals surface area contributed by atoms with E-state index < -0.39 is 0 Å². The van der Waals surface area contributed by atoms with Crippen LogP contribution >= 0.6 is 0 Å². The summed E-state index contributed by atoms with van der Waals surface area (Å²) < 4.78 is 7.37. The van der Waals surface area contributed by atoms with Crippen LogP contribution in [0.15, 0.2) is 77.6 Å². The number of fused-ring (bicyclic) bond motifs is 2. The highest BCUT2D eigenvalue weighted by atomic mass is 16.3. The number of carbonyl (C=O) groups excluding carboxylic acids is 1. The monoisotopic (exact) mass is 426 g/mol. The lowest BCUT2D eigenvalue weighted by molar-refractivity contribution is 0.0926. The summed E-state index contributed by atoms with van der Waals surface area (Å²) in [6.45, 7) is 1.64. The molecule has 2 N–H and O–H groups in total. The highest BCUT2D eigenvalue weighted by molar-refractivity contribution is 5.96. The Morgan fingerprint density at radius 3 is 2.72 bits per heavy atom. The fourth-order valence-electron chi connectivity index (χ4n) is 3.62. The molecule has 8 heteroatoms. The predicted molar refractivity (Wildman–Crippen MR) is 123 cm³/mol. The smallest absolute Gasteiger partial charge is 0.287 e. The van der Waals surface area contributed by atoms with E-state index in [-0.39, 0.29) is 5.91 Å². The maximum atomic E-state index is 12.4. The van der Waals surface area contributed by atoms with Gasteiger partial charge in [0.05, 0.1) is 18.1 Å². The average Bonchev–Trinajstić information content (AvgIpc) is 3.45. The molecule has 0 spiro atoms. The minimum Gasteiger partial charge on any atom is -0.451 e. The van der Waals surface area contributed by atoms with Crippen LogP contribution in [0, 0.1) is 0 Å². The van der Waals surface area contributed by atoms with Crippen LogP contribution in [0.4, 0.5) is 5.82 Å². The molecule has 160 valence electrons. The van der Waals surface area contributed by atoms with Crippen LogP contribution in [0.5, 0.6) is 0 Å². The van der Waals surface area contributed by atoms with E-state index in [1.807, 2.05) is 42.5 Å². The van der Waals surface area contributed by atoms with Gasteiger partial charge in [0.15, 0.2) is 11.4 Å². The van der Waals surface area contributed by atoms with Crippen LogP contribution in [0.25, 0.3) is 22.0 Å². The second-order valence-corrected chi connectivity index (χ2v) is 7.39. The van der Waals surface area contributed by atoms with Crippen LogP contribution < -0.4 is 10.6 Å². The molecule has 0 bridgehead atoms. The van der Waals surface area contributed by atoms with Crippen molar-refractivity contribution in [2.75, 3.05) is 18.4 Å². The van der Waals surface area contributed by atoms with Gasteiger partial charge in [0, 0.05) is 18.5 Å². The van der Waals surface area contributed by atoms with Gasteiger partial charge in [-0.1, -0.05) is 48.5 Å². The molecular weight excluding hydrogens is 404 g/mol. The van der Waals surface area contributed by atoms with E-state index in [1.54, 1.807) is 16.9 Å². The topological polar surface area (TPSA) is 97.9 Å².